The highest BCUT2D eigenvalue weighted by molar-refractivity contribution is 6.00. The highest BCUT2D eigenvalue weighted by Crippen LogP contribution is 2.29. The van der Waals surface area contributed by atoms with Crippen molar-refractivity contribution in [2.24, 2.45) is 5.92 Å². The van der Waals surface area contributed by atoms with Gasteiger partial charge < -0.3 is 10.2 Å². The van der Waals surface area contributed by atoms with Gasteiger partial charge in [0, 0.05) is 30.8 Å². The average molecular weight is 340 g/mol. The van der Waals surface area contributed by atoms with E-state index in [1.165, 1.54) is 6.07 Å². The molecule has 0 radical (unpaired) electrons. The minimum atomic E-state index is -0.417. The van der Waals surface area contributed by atoms with E-state index in [4.69, 9.17) is 0 Å². The number of benzene rings is 2. The first-order chi connectivity index (χ1) is 12.0. The van der Waals surface area contributed by atoms with Crippen LogP contribution in [0.1, 0.15) is 23.1 Å². The van der Waals surface area contributed by atoms with Crippen molar-refractivity contribution in [1.29, 1.82) is 0 Å². The summed E-state index contributed by atoms with van der Waals surface area (Å²) in [6, 6.07) is 12.2. The van der Waals surface area contributed by atoms with E-state index < -0.39 is 5.92 Å². The average Bonchev–Trinajstić information content (AvgIpc) is 2.98. The smallest absolute Gasteiger partial charge is 0.227 e. The molecule has 1 atom stereocenters. The molecule has 2 amide bonds. The van der Waals surface area contributed by atoms with Gasteiger partial charge in [0.2, 0.25) is 11.8 Å². The monoisotopic (exact) mass is 340 g/mol. The third-order valence-electron chi connectivity index (χ3n) is 4.77. The molecule has 1 aliphatic rings. The van der Waals surface area contributed by atoms with Gasteiger partial charge >= 0.3 is 0 Å². The van der Waals surface area contributed by atoms with Gasteiger partial charge in [-0.2, -0.15) is 0 Å². The minimum absolute atomic E-state index is 0.0558. The Hall–Kier alpha value is -2.69. The Kier molecular flexibility index (Phi) is 4.83. The third kappa shape index (κ3) is 3.55. The van der Waals surface area contributed by atoms with Crippen molar-refractivity contribution in [2.45, 2.75) is 26.8 Å². The Morgan fingerprint density at radius 1 is 1.20 bits per heavy atom. The summed E-state index contributed by atoms with van der Waals surface area (Å²) in [5.74, 6) is -1.04. The van der Waals surface area contributed by atoms with Crippen LogP contribution in [0.15, 0.2) is 42.5 Å². The molecule has 0 saturated carbocycles. The van der Waals surface area contributed by atoms with Crippen LogP contribution in [0.2, 0.25) is 0 Å². The Bertz CT molecular complexity index is 819. The zero-order valence-corrected chi connectivity index (χ0v) is 14.4. The molecule has 0 unspecified atom stereocenters. The molecule has 25 heavy (non-hydrogen) atoms. The maximum absolute atomic E-state index is 13.6. The molecule has 5 heteroatoms. The van der Waals surface area contributed by atoms with Crippen LogP contribution in [0.25, 0.3) is 0 Å². The van der Waals surface area contributed by atoms with Crippen LogP contribution >= 0.6 is 0 Å². The second kappa shape index (κ2) is 7.05. The van der Waals surface area contributed by atoms with Gasteiger partial charge in [0.05, 0.1) is 5.92 Å². The van der Waals surface area contributed by atoms with Crippen LogP contribution in [-0.2, 0) is 16.1 Å². The van der Waals surface area contributed by atoms with Crippen LogP contribution < -0.4 is 10.2 Å². The molecular weight excluding hydrogens is 319 g/mol. The van der Waals surface area contributed by atoms with Crippen LogP contribution in [0.5, 0.6) is 0 Å². The number of amides is 2. The van der Waals surface area contributed by atoms with E-state index in [9.17, 15) is 14.0 Å². The van der Waals surface area contributed by atoms with Gasteiger partial charge in [0.15, 0.2) is 0 Å². The first kappa shape index (κ1) is 17.1. The van der Waals surface area contributed by atoms with Crippen molar-refractivity contribution in [3.05, 3.63) is 65.0 Å². The number of carbonyl (C=O) groups is 2. The molecule has 1 fully saturated rings. The van der Waals surface area contributed by atoms with Gasteiger partial charge in [-0.05, 0) is 37.1 Å². The number of anilines is 1. The molecule has 3 rings (SSSR count). The number of hydrogen-bond donors (Lipinski definition) is 1. The molecule has 1 aliphatic heterocycles. The van der Waals surface area contributed by atoms with Crippen molar-refractivity contribution in [1.82, 2.24) is 5.32 Å². The largest absolute Gasteiger partial charge is 0.352 e. The van der Waals surface area contributed by atoms with E-state index in [0.717, 1.165) is 16.8 Å². The summed E-state index contributed by atoms with van der Waals surface area (Å²) in [5.41, 5.74) is 3.45. The van der Waals surface area contributed by atoms with E-state index in [2.05, 4.69) is 5.32 Å². The maximum atomic E-state index is 13.6. The molecule has 1 heterocycles. The van der Waals surface area contributed by atoms with E-state index in [1.54, 1.807) is 23.1 Å². The standard InChI is InChI=1S/C20H21FN2O2/c1-13-6-5-9-18(14(13)2)23-12-16(10-19(23)24)20(25)22-11-15-7-3-4-8-17(15)21/h3-9,16H,10-12H2,1-2H3,(H,22,25)/t16-/m1/s1. The predicted molar refractivity (Wildman–Crippen MR) is 94.6 cm³/mol. The van der Waals surface area contributed by atoms with Crippen LogP contribution in [0.4, 0.5) is 10.1 Å². The van der Waals surface area contributed by atoms with Crippen molar-refractivity contribution in [3.8, 4) is 0 Å². The van der Waals surface area contributed by atoms with E-state index in [0.29, 0.717) is 12.1 Å². The summed E-state index contributed by atoms with van der Waals surface area (Å²) < 4.78 is 13.6. The molecule has 0 aliphatic carbocycles. The number of nitrogens with one attached hydrogen (secondary N) is 1. The molecule has 0 spiro atoms. The number of rotatable bonds is 4. The van der Waals surface area contributed by atoms with Crippen LogP contribution in [0, 0.1) is 25.6 Å². The normalized spacial score (nSPS) is 17.0. The summed E-state index contributed by atoms with van der Waals surface area (Å²) in [4.78, 5) is 26.4. The van der Waals surface area contributed by atoms with Gasteiger partial charge in [-0.15, -0.1) is 0 Å². The van der Waals surface area contributed by atoms with Gasteiger partial charge in [0.25, 0.3) is 0 Å². The number of halogens is 1. The van der Waals surface area contributed by atoms with E-state index in [-0.39, 0.29) is 30.6 Å². The number of carbonyl (C=O) groups excluding carboxylic acids is 2. The third-order valence-corrected chi connectivity index (χ3v) is 4.77. The second-order valence-corrected chi connectivity index (χ2v) is 6.43. The molecule has 0 aromatic heterocycles. The van der Waals surface area contributed by atoms with E-state index in [1.807, 2.05) is 32.0 Å². The van der Waals surface area contributed by atoms with Crippen LogP contribution in [-0.4, -0.2) is 18.4 Å². The fraction of sp³-hybridized carbons (Fsp3) is 0.300. The summed E-state index contributed by atoms with van der Waals surface area (Å²) in [5, 5.41) is 2.74. The lowest BCUT2D eigenvalue weighted by Crippen LogP contribution is -2.33. The van der Waals surface area contributed by atoms with E-state index >= 15 is 0 Å². The Morgan fingerprint density at radius 3 is 2.72 bits per heavy atom. The molecule has 2 aromatic rings. The lowest BCUT2D eigenvalue weighted by Gasteiger charge is -2.20. The summed E-state index contributed by atoms with van der Waals surface area (Å²) in [6.07, 6.45) is 0.177. The first-order valence-corrected chi connectivity index (χ1v) is 8.35. The zero-order valence-electron chi connectivity index (χ0n) is 14.4. The van der Waals surface area contributed by atoms with Gasteiger partial charge in [-0.3, -0.25) is 9.59 Å². The second-order valence-electron chi connectivity index (χ2n) is 6.43. The molecule has 2 aromatic carbocycles. The minimum Gasteiger partial charge on any atom is -0.352 e. The van der Waals surface area contributed by atoms with Crippen molar-refractivity contribution in [3.63, 3.8) is 0 Å². The molecule has 1 N–H and O–H groups in total. The van der Waals surface area contributed by atoms with Gasteiger partial charge in [0.1, 0.15) is 5.82 Å². The molecule has 4 nitrogen and oxygen atoms in total. The summed E-state index contributed by atoms with van der Waals surface area (Å²) >= 11 is 0. The predicted octanol–water partition coefficient (Wildman–Crippen LogP) is 3.11. The lowest BCUT2D eigenvalue weighted by molar-refractivity contribution is -0.126. The molecule has 130 valence electrons. The van der Waals surface area contributed by atoms with Crippen molar-refractivity contribution < 1.29 is 14.0 Å². The van der Waals surface area contributed by atoms with Gasteiger partial charge in [-0.1, -0.05) is 30.3 Å². The van der Waals surface area contributed by atoms with Crippen LogP contribution in [0.3, 0.4) is 0 Å². The highest BCUT2D eigenvalue weighted by Gasteiger charge is 2.35. The molecule has 1 saturated heterocycles. The number of aryl methyl sites for hydroxylation is 1. The first-order valence-electron chi connectivity index (χ1n) is 8.35. The topological polar surface area (TPSA) is 49.4 Å². The fourth-order valence-corrected chi connectivity index (χ4v) is 3.11. The number of nitrogens with zero attached hydrogens (tertiary/aromatic N) is 1. The number of hydrogen-bond acceptors (Lipinski definition) is 2. The highest BCUT2D eigenvalue weighted by atomic mass is 19.1. The Balaban J connectivity index is 1.67. The fourth-order valence-electron chi connectivity index (χ4n) is 3.11. The lowest BCUT2D eigenvalue weighted by atomic mass is 10.1. The SMILES string of the molecule is Cc1cccc(N2C[C@H](C(=O)NCc3ccccc3F)CC2=O)c1C. The maximum Gasteiger partial charge on any atom is 0.227 e. The van der Waals surface area contributed by atoms with Gasteiger partial charge in [-0.25, -0.2) is 4.39 Å². The van der Waals surface area contributed by atoms with Crippen molar-refractivity contribution in [2.75, 3.05) is 11.4 Å². The molecule has 0 bridgehead atoms. The molecular formula is C20H21FN2O2. The zero-order chi connectivity index (χ0) is 18.0. The summed E-state index contributed by atoms with van der Waals surface area (Å²) in [6.45, 7) is 4.45. The Labute approximate surface area is 146 Å². The van der Waals surface area contributed by atoms with Crippen molar-refractivity contribution >= 4 is 17.5 Å². The quantitative estimate of drug-likeness (QED) is 0.930. The Morgan fingerprint density at radius 2 is 1.96 bits per heavy atom. The summed E-state index contributed by atoms with van der Waals surface area (Å²) in [7, 11) is 0.